The van der Waals surface area contributed by atoms with Crippen LogP contribution < -0.4 is 10.1 Å². The van der Waals surface area contributed by atoms with Crippen molar-refractivity contribution in [1.29, 1.82) is 0 Å². The van der Waals surface area contributed by atoms with Crippen LogP contribution in [0.1, 0.15) is 18.5 Å². The summed E-state index contributed by atoms with van der Waals surface area (Å²) in [7, 11) is 0. The molecule has 0 saturated carbocycles. The number of nitrogens with zero attached hydrogens (tertiary/aromatic N) is 1. The predicted octanol–water partition coefficient (Wildman–Crippen LogP) is 2.42. The van der Waals surface area contributed by atoms with Gasteiger partial charge in [0.15, 0.2) is 0 Å². The zero-order chi connectivity index (χ0) is 16.2. The lowest BCUT2D eigenvalue weighted by Crippen LogP contribution is -2.51. The van der Waals surface area contributed by atoms with Crippen molar-refractivity contribution in [2.24, 2.45) is 0 Å². The number of halogens is 3. The fourth-order valence-electron chi connectivity index (χ4n) is 2.74. The number of piperazine rings is 1. The van der Waals surface area contributed by atoms with Crippen LogP contribution in [0, 0.1) is 0 Å². The maximum absolute atomic E-state index is 14.5. The summed E-state index contributed by atoms with van der Waals surface area (Å²) in [5, 5.41) is 12.4. The van der Waals surface area contributed by atoms with Crippen molar-refractivity contribution < 1.29 is 18.6 Å². The van der Waals surface area contributed by atoms with E-state index in [1.54, 1.807) is 23.1 Å². The minimum Gasteiger partial charge on any atom is -0.494 e. The smallest absolute Gasteiger partial charge is 0.290 e. The summed E-state index contributed by atoms with van der Waals surface area (Å²) in [4.78, 5) is 1.71. The number of hydrogen-bond acceptors (Lipinski definition) is 4. The standard InChI is InChI=1S/C15H21BrF2N2O2/c1-2-22-13-4-3-11(16)9-12(13)14(15(17,18)10-21)20-7-5-19-6-8-20/h3-4,9,14,19,21H,2,5-8,10H2,1H3/t14-/m0/s1. The molecule has 0 unspecified atom stereocenters. The minimum absolute atomic E-state index is 0.396. The number of alkyl halides is 2. The molecular formula is C15H21BrF2N2O2. The maximum Gasteiger partial charge on any atom is 0.290 e. The first kappa shape index (κ1) is 17.6. The first-order valence-corrected chi connectivity index (χ1v) is 8.14. The van der Waals surface area contributed by atoms with Crippen molar-refractivity contribution in [2.45, 2.75) is 18.9 Å². The van der Waals surface area contributed by atoms with Crippen LogP contribution in [0.4, 0.5) is 8.78 Å². The van der Waals surface area contributed by atoms with E-state index in [-0.39, 0.29) is 0 Å². The molecule has 1 aromatic rings. The fraction of sp³-hybridized carbons (Fsp3) is 0.600. The SMILES string of the molecule is CCOc1ccc(Br)cc1[C@H](N1CCNCC1)C(F)(F)CO. The molecule has 4 nitrogen and oxygen atoms in total. The first-order valence-electron chi connectivity index (χ1n) is 7.35. The van der Waals surface area contributed by atoms with Gasteiger partial charge in [0.2, 0.25) is 0 Å². The van der Waals surface area contributed by atoms with Crippen LogP contribution in [-0.2, 0) is 0 Å². The molecule has 2 rings (SSSR count). The molecule has 2 N–H and O–H groups in total. The number of hydrogen-bond donors (Lipinski definition) is 2. The van der Waals surface area contributed by atoms with Gasteiger partial charge < -0.3 is 15.2 Å². The van der Waals surface area contributed by atoms with E-state index in [2.05, 4.69) is 21.2 Å². The Hall–Kier alpha value is -0.760. The van der Waals surface area contributed by atoms with Gasteiger partial charge in [-0.25, -0.2) is 8.78 Å². The molecular weight excluding hydrogens is 358 g/mol. The quantitative estimate of drug-likeness (QED) is 0.797. The molecule has 0 amide bonds. The molecule has 1 aliphatic rings. The van der Waals surface area contributed by atoms with E-state index in [1.165, 1.54) is 0 Å². The molecule has 1 aromatic carbocycles. The number of ether oxygens (including phenoxy) is 1. The van der Waals surface area contributed by atoms with Gasteiger partial charge in [-0.1, -0.05) is 15.9 Å². The Morgan fingerprint density at radius 3 is 2.68 bits per heavy atom. The molecule has 1 fully saturated rings. The molecule has 0 radical (unpaired) electrons. The molecule has 0 aromatic heterocycles. The second-order valence-corrected chi connectivity index (χ2v) is 6.14. The van der Waals surface area contributed by atoms with Gasteiger partial charge in [0.05, 0.1) is 6.61 Å². The molecule has 22 heavy (non-hydrogen) atoms. The monoisotopic (exact) mass is 378 g/mol. The lowest BCUT2D eigenvalue weighted by Gasteiger charge is -2.39. The summed E-state index contributed by atoms with van der Waals surface area (Å²) in [5.74, 6) is -2.81. The van der Waals surface area contributed by atoms with E-state index in [0.717, 1.165) is 0 Å². The number of rotatable bonds is 6. The van der Waals surface area contributed by atoms with E-state index in [9.17, 15) is 13.9 Å². The Labute approximate surface area is 137 Å². The van der Waals surface area contributed by atoms with Crippen molar-refractivity contribution in [1.82, 2.24) is 10.2 Å². The average molecular weight is 379 g/mol. The highest BCUT2D eigenvalue weighted by atomic mass is 79.9. The van der Waals surface area contributed by atoms with Crippen molar-refractivity contribution in [3.63, 3.8) is 0 Å². The molecule has 1 aliphatic heterocycles. The van der Waals surface area contributed by atoms with Crippen LogP contribution in [0.5, 0.6) is 5.75 Å². The van der Waals surface area contributed by atoms with Crippen LogP contribution in [0.3, 0.4) is 0 Å². The Balaban J connectivity index is 2.45. The minimum atomic E-state index is -3.25. The van der Waals surface area contributed by atoms with Gasteiger partial charge in [-0.3, -0.25) is 4.90 Å². The van der Waals surface area contributed by atoms with Gasteiger partial charge >= 0.3 is 0 Å². The Morgan fingerprint density at radius 2 is 2.09 bits per heavy atom. The third-order valence-corrected chi connectivity index (χ3v) is 4.19. The third-order valence-electron chi connectivity index (χ3n) is 3.69. The first-order chi connectivity index (χ1) is 10.5. The zero-order valence-corrected chi connectivity index (χ0v) is 14.1. The van der Waals surface area contributed by atoms with Gasteiger partial charge in [-0.15, -0.1) is 0 Å². The maximum atomic E-state index is 14.5. The normalized spacial score (nSPS) is 18.2. The number of aliphatic hydroxyl groups is 1. The van der Waals surface area contributed by atoms with Gasteiger partial charge in [0.1, 0.15) is 18.4 Å². The molecule has 1 heterocycles. The van der Waals surface area contributed by atoms with Crippen molar-refractivity contribution in [3.8, 4) is 5.75 Å². The van der Waals surface area contributed by atoms with E-state index in [1.807, 2.05) is 6.92 Å². The second kappa shape index (κ2) is 7.68. The number of aliphatic hydroxyl groups excluding tert-OH is 1. The van der Waals surface area contributed by atoms with Gasteiger partial charge in [0.25, 0.3) is 5.92 Å². The van der Waals surface area contributed by atoms with Crippen LogP contribution in [-0.4, -0.2) is 55.3 Å². The highest BCUT2D eigenvalue weighted by Gasteiger charge is 2.45. The topological polar surface area (TPSA) is 44.7 Å². The fourth-order valence-corrected chi connectivity index (χ4v) is 3.12. The van der Waals surface area contributed by atoms with Crippen molar-refractivity contribution >= 4 is 15.9 Å². The van der Waals surface area contributed by atoms with Crippen LogP contribution >= 0.6 is 15.9 Å². The lowest BCUT2D eigenvalue weighted by atomic mass is 9.97. The summed E-state index contributed by atoms with van der Waals surface area (Å²) in [6.07, 6.45) is 0. The van der Waals surface area contributed by atoms with Crippen molar-refractivity contribution in [2.75, 3.05) is 39.4 Å². The molecule has 7 heteroatoms. The number of benzene rings is 1. The summed E-state index contributed by atoms with van der Waals surface area (Å²) >= 11 is 3.33. The highest BCUT2D eigenvalue weighted by molar-refractivity contribution is 9.10. The average Bonchev–Trinajstić information content (AvgIpc) is 2.51. The van der Waals surface area contributed by atoms with Crippen LogP contribution in [0.25, 0.3) is 0 Å². The van der Waals surface area contributed by atoms with E-state index in [4.69, 9.17) is 4.74 Å². The third kappa shape index (κ3) is 3.95. The summed E-state index contributed by atoms with van der Waals surface area (Å²) < 4.78 is 35.1. The Morgan fingerprint density at radius 1 is 1.41 bits per heavy atom. The highest BCUT2D eigenvalue weighted by Crippen LogP contribution is 2.41. The Bertz CT molecular complexity index is 496. The van der Waals surface area contributed by atoms with Gasteiger partial charge in [-0.05, 0) is 25.1 Å². The molecule has 1 atom stereocenters. The largest absolute Gasteiger partial charge is 0.494 e. The van der Waals surface area contributed by atoms with E-state index in [0.29, 0.717) is 48.6 Å². The molecule has 0 spiro atoms. The Kier molecular flexibility index (Phi) is 6.14. The second-order valence-electron chi connectivity index (χ2n) is 5.22. The van der Waals surface area contributed by atoms with Crippen LogP contribution in [0.15, 0.2) is 22.7 Å². The van der Waals surface area contributed by atoms with Crippen molar-refractivity contribution in [3.05, 3.63) is 28.2 Å². The van der Waals surface area contributed by atoms with E-state index >= 15 is 0 Å². The lowest BCUT2D eigenvalue weighted by molar-refractivity contribution is -0.119. The zero-order valence-electron chi connectivity index (χ0n) is 12.5. The number of nitrogens with one attached hydrogen (secondary N) is 1. The van der Waals surface area contributed by atoms with E-state index < -0.39 is 18.6 Å². The summed E-state index contributed by atoms with van der Waals surface area (Å²) in [6.45, 7) is 3.31. The summed E-state index contributed by atoms with van der Waals surface area (Å²) in [5.41, 5.74) is 0.400. The summed E-state index contributed by atoms with van der Waals surface area (Å²) in [6, 6.07) is 3.89. The van der Waals surface area contributed by atoms with Gasteiger partial charge in [-0.2, -0.15) is 0 Å². The molecule has 0 aliphatic carbocycles. The predicted molar refractivity (Wildman–Crippen MR) is 84.5 cm³/mol. The molecule has 0 bridgehead atoms. The van der Waals surface area contributed by atoms with Crippen LogP contribution in [0.2, 0.25) is 0 Å². The molecule has 1 saturated heterocycles. The van der Waals surface area contributed by atoms with Gasteiger partial charge in [0, 0.05) is 36.2 Å². The molecule has 124 valence electrons.